The Bertz CT molecular complexity index is 557. The van der Waals surface area contributed by atoms with Crippen LogP contribution in [0.5, 0.6) is 5.75 Å². The molecule has 0 bridgehead atoms. The summed E-state index contributed by atoms with van der Waals surface area (Å²) in [5.41, 5.74) is -0.420. The second-order valence-electron chi connectivity index (χ2n) is 5.02. The molecular weight excluding hydrogens is 260 g/mol. The van der Waals surface area contributed by atoms with Gasteiger partial charge in [0.05, 0.1) is 7.11 Å². The molecule has 2 fully saturated rings. The van der Waals surface area contributed by atoms with Crippen molar-refractivity contribution in [3.8, 4) is 5.75 Å². The minimum absolute atomic E-state index is 0.0802. The van der Waals surface area contributed by atoms with Crippen LogP contribution in [0.4, 0.5) is 5.69 Å². The van der Waals surface area contributed by atoms with Crippen LogP contribution in [0.15, 0.2) is 24.3 Å². The van der Waals surface area contributed by atoms with Gasteiger partial charge in [0.25, 0.3) is 0 Å². The van der Waals surface area contributed by atoms with Crippen molar-refractivity contribution in [1.29, 1.82) is 0 Å². The van der Waals surface area contributed by atoms with Gasteiger partial charge < -0.3 is 19.6 Å². The molecule has 20 heavy (non-hydrogen) atoms. The number of carboxylic acids is 1. The van der Waals surface area contributed by atoms with E-state index in [4.69, 9.17) is 4.74 Å². The van der Waals surface area contributed by atoms with E-state index in [1.807, 2.05) is 12.1 Å². The topological polar surface area (TPSA) is 70.1 Å². The summed E-state index contributed by atoms with van der Waals surface area (Å²) in [6, 6.07) is 7.25. The Morgan fingerprint density at radius 2 is 1.90 bits per heavy atom. The SMILES string of the molecule is COc1ccc(N2CCN3C(=O)CCC32C(=O)O)cc1. The van der Waals surface area contributed by atoms with Gasteiger partial charge in [-0.15, -0.1) is 0 Å². The van der Waals surface area contributed by atoms with Crippen molar-refractivity contribution >= 4 is 17.6 Å². The van der Waals surface area contributed by atoms with Crippen LogP contribution in [-0.4, -0.2) is 47.7 Å². The van der Waals surface area contributed by atoms with Gasteiger partial charge in [-0.2, -0.15) is 0 Å². The number of rotatable bonds is 3. The maximum atomic E-state index is 11.9. The molecule has 6 nitrogen and oxygen atoms in total. The molecule has 1 N–H and O–H groups in total. The van der Waals surface area contributed by atoms with Crippen LogP contribution in [-0.2, 0) is 9.59 Å². The molecule has 1 unspecified atom stereocenters. The van der Waals surface area contributed by atoms with Gasteiger partial charge in [-0.3, -0.25) is 4.79 Å². The third-order valence-corrected chi connectivity index (χ3v) is 4.16. The molecule has 1 atom stereocenters. The normalized spacial score (nSPS) is 24.9. The number of ether oxygens (including phenoxy) is 1. The number of hydrogen-bond donors (Lipinski definition) is 1. The standard InChI is InChI=1S/C14H16N2O4/c1-20-11-4-2-10(3-5-11)15-8-9-16-12(17)6-7-14(15,16)13(18)19/h2-5H,6-9H2,1H3,(H,18,19). The van der Waals surface area contributed by atoms with E-state index in [0.717, 1.165) is 11.4 Å². The lowest BCUT2D eigenvalue weighted by Gasteiger charge is -2.36. The number of hydrogen-bond acceptors (Lipinski definition) is 4. The summed E-state index contributed by atoms with van der Waals surface area (Å²) in [5, 5.41) is 9.66. The Hall–Kier alpha value is -2.24. The monoisotopic (exact) mass is 276 g/mol. The van der Waals surface area contributed by atoms with Gasteiger partial charge in [0, 0.05) is 31.6 Å². The summed E-state index contributed by atoms with van der Waals surface area (Å²) in [5.74, 6) is -0.322. The van der Waals surface area contributed by atoms with E-state index in [2.05, 4.69) is 0 Å². The molecule has 2 aliphatic heterocycles. The highest BCUT2D eigenvalue weighted by Gasteiger charge is 2.59. The summed E-state index contributed by atoms with van der Waals surface area (Å²) in [6.07, 6.45) is 0.617. The Morgan fingerprint density at radius 1 is 1.25 bits per heavy atom. The molecule has 2 saturated heterocycles. The summed E-state index contributed by atoms with van der Waals surface area (Å²) in [6.45, 7) is 0.988. The van der Waals surface area contributed by atoms with Crippen molar-refractivity contribution in [1.82, 2.24) is 4.90 Å². The zero-order chi connectivity index (χ0) is 14.3. The highest BCUT2D eigenvalue weighted by molar-refractivity contribution is 5.94. The third-order valence-electron chi connectivity index (χ3n) is 4.16. The maximum Gasteiger partial charge on any atom is 0.350 e. The van der Waals surface area contributed by atoms with E-state index < -0.39 is 11.6 Å². The fourth-order valence-electron chi connectivity index (χ4n) is 3.18. The Morgan fingerprint density at radius 3 is 2.50 bits per heavy atom. The van der Waals surface area contributed by atoms with Crippen LogP contribution in [0.1, 0.15) is 12.8 Å². The van der Waals surface area contributed by atoms with Crippen LogP contribution < -0.4 is 9.64 Å². The summed E-state index contributed by atoms with van der Waals surface area (Å²) >= 11 is 0. The molecule has 0 aliphatic carbocycles. The molecular formula is C14H16N2O4. The quantitative estimate of drug-likeness (QED) is 0.889. The summed E-state index contributed by atoms with van der Waals surface area (Å²) in [4.78, 5) is 26.9. The lowest BCUT2D eigenvalue weighted by molar-refractivity contribution is -0.151. The molecule has 1 amide bonds. The van der Waals surface area contributed by atoms with Gasteiger partial charge >= 0.3 is 5.97 Å². The molecule has 106 valence electrons. The Labute approximate surface area is 116 Å². The number of methoxy groups -OCH3 is 1. The van der Waals surface area contributed by atoms with Gasteiger partial charge in [-0.05, 0) is 24.3 Å². The van der Waals surface area contributed by atoms with Crippen molar-refractivity contribution in [2.75, 3.05) is 25.1 Å². The number of nitrogens with zero attached hydrogens (tertiary/aromatic N) is 2. The van der Waals surface area contributed by atoms with Gasteiger partial charge in [-0.25, -0.2) is 4.79 Å². The van der Waals surface area contributed by atoms with Crippen LogP contribution in [0, 0.1) is 0 Å². The minimum Gasteiger partial charge on any atom is -0.497 e. The second kappa shape index (κ2) is 4.40. The van der Waals surface area contributed by atoms with E-state index in [-0.39, 0.29) is 5.91 Å². The number of carbonyl (C=O) groups excluding carboxylic acids is 1. The second-order valence-corrected chi connectivity index (χ2v) is 5.02. The first-order valence-corrected chi connectivity index (χ1v) is 6.55. The first-order chi connectivity index (χ1) is 9.59. The number of amides is 1. The van der Waals surface area contributed by atoms with Crippen LogP contribution >= 0.6 is 0 Å². The molecule has 3 rings (SSSR count). The van der Waals surface area contributed by atoms with Crippen LogP contribution in [0.3, 0.4) is 0 Å². The highest BCUT2D eigenvalue weighted by Crippen LogP contribution is 2.41. The fraction of sp³-hybridized carbons (Fsp3) is 0.429. The van der Waals surface area contributed by atoms with Crippen molar-refractivity contribution in [3.63, 3.8) is 0 Å². The predicted octanol–water partition coefficient (Wildman–Crippen LogP) is 0.918. The summed E-state index contributed by atoms with van der Waals surface area (Å²) < 4.78 is 5.11. The van der Waals surface area contributed by atoms with Crippen molar-refractivity contribution < 1.29 is 19.4 Å². The van der Waals surface area contributed by atoms with Crippen molar-refractivity contribution in [3.05, 3.63) is 24.3 Å². The molecule has 0 radical (unpaired) electrons. The van der Waals surface area contributed by atoms with Crippen molar-refractivity contribution in [2.24, 2.45) is 0 Å². The number of carbonyl (C=O) groups is 2. The fourth-order valence-corrected chi connectivity index (χ4v) is 3.18. The molecule has 2 heterocycles. The van der Waals surface area contributed by atoms with E-state index in [1.54, 1.807) is 24.1 Å². The lowest BCUT2D eigenvalue weighted by Crippen LogP contribution is -2.57. The minimum atomic E-state index is -1.22. The number of fused-ring (bicyclic) bond motifs is 1. The van der Waals surface area contributed by atoms with E-state index in [0.29, 0.717) is 25.9 Å². The predicted molar refractivity (Wildman–Crippen MR) is 71.7 cm³/mol. The van der Waals surface area contributed by atoms with Crippen LogP contribution in [0.25, 0.3) is 0 Å². The van der Waals surface area contributed by atoms with E-state index in [1.165, 1.54) is 4.90 Å². The third kappa shape index (κ3) is 1.57. The van der Waals surface area contributed by atoms with Gasteiger partial charge in [-0.1, -0.05) is 0 Å². The lowest BCUT2D eigenvalue weighted by atomic mass is 10.1. The van der Waals surface area contributed by atoms with Gasteiger partial charge in [0.1, 0.15) is 5.75 Å². The molecule has 0 aromatic heterocycles. The highest BCUT2D eigenvalue weighted by atomic mass is 16.5. The van der Waals surface area contributed by atoms with Gasteiger partial charge in [0.2, 0.25) is 11.6 Å². The molecule has 0 saturated carbocycles. The number of aliphatic carboxylic acids is 1. The first kappa shape index (κ1) is 12.8. The Kier molecular flexibility index (Phi) is 2.81. The maximum absolute atomic E-state index is 11.9. The Balaban J connectivity index is 2.00. The number of carboxylic acid groups (broad SMARTS) is 1. The number of benzene rings is 1. The largest absolute Gasteiger partial charge is 0.497 e. The molecule has 6 heteroatoms. The molecule has 2 aliphatic rings. The zero-order valence-electron chi connectivity index (χ0n) is 11.2. The average molecular weight is 276 g/mol. The van der Waals surface area contributed by atoms with Gasteiger partial charge in [0.15, 0.2) is 0 Å². The van der Waals surface area contributed by atoms with E-state index in [9.17, 15) is 14.7 Å². The molecule has 1 aromatic carbocycles. The zero-order valence-corrected chi connectivity index (χ0v) is 11.2. The summed E-state index contributed by atoms with van der Waals surface area (Å²) in [7, 11) is 1.58. The molecule has 0 spiro atoms. The average Bonchev–Trinajstić information content (AvgIpc) is 2.99. The van der Waals surface area contributed by atoms with Crippen molar-refractivity contribution in [2.45, 2.75) is 18.5 Å². The smallest absolute Gasteiger partial charge is 0.350 e. The first-order valence-electron chi connectivity index (χ1n) is 6.55. The number of anilines is 1. The van der Waals surface area contributed by atoms with Crippen LogP contribution in [0.2, 0.25) is 0 Å². The van der Waals surface area contributed by atoms with E-state index >= 15 is 0 Å². The molecule has 1 aromatic rings.